The SMILES string of the molecule is CC1CCN(C=Nc2ccc3c(c2)C(=O)c2ccc(N=CN4CCC(C)CC4)cc2C3=O)CC1. The van der Waals surface area contributed by atoms with Gasteiger partial charge in [0.05, 0.1) is 24.1 Å². The van der Waals surface area contributed by atoms with Gasteiger partial charge in [0, 0.05) is 48.4 Å². The van der Waals surface area contributed by atoms with E-state index in [2.05, 4.69) is 33.6 Å². The van der Waals surface area contributed by atoms with Crippen LogP contribution in [0.15, 0.2) is 46.4 Å². The number of carbonyl (C=O) groups is 2. The smallest absolute Gasteiger partial charge is 0.194 e. The van der Waals surface area contributed by atoms with Crippen LogP contribution in [0.5, 0.6) is 0 Å². The Labute approximate surface area is 201 Å². The molecule has 0 bridgehead atoms. The number of fused-ring (bicyclic) bond motifs is 2. The van der Waals surface area contributed by atoms with Gasteiger partial charge >= 0.3 is 0 Å². The second-order valence-corrected chi connectivity index (χ2v) is 10.0. The van der Waals surface area contributed by atoms with E-state index in [0.717, 1.165) is 38.0 Å². The van der Waals surface area contributed by atoms with E-state index in [9.17, 15) is 9.59 Å². The van der Waals surface area contributed by atoms with Crippen molar-refractivity contribution in [1.29, 1.82) is 0 Å². The maximum absolute atomic E-state index is 13.2. The molecule has 5 rings (SSSR count). The quantitative estimate of drug-likeness (QED) is 0.398. The molecule has 176 valence electrons. The fraction of sp³-hybridized carbons (Fsp3) is 0.429. The van der Waals surface area contributed by atoms with Crippen molar-refractivity contribution in [3.63, 3.8) is 0 Å². The van der Waals surface area contributed by atoms with Gasteiger partial charge in [-0.2, -0.15) is 0 Å². The monoisotopic (exact) mass is 456 g/mol. The van der Waals surface area contributed by atoms with Crippen LogP contribution in [0, 0.1) is 11.8 Å². The maximum Gasteiger partial charge on any atom is 0.194 e. The van der Waals surface area contributed by atoms with Crippen molar-refractivity contribution in [3.8, 4) is 0 Å². The molecular formula is C28H32N4O2. The number of nitrogens with zero attached hydrogens (tertiary/aromatic N) is 4. The summed E-state index contributed by atoms with van der Waals surface area (Å²) in [7, 11) is 0. The minimum atomic E-state index is -0.131. The second kappa shape index (κ2) is 9.53. The van der Waals surface area contributed by atoms with E-state index in [-0.39, 0.29) is 11.6 Å². The van der Waals surface area contributed by atoms with Gasteiger partial charge in [0.25, 0.3) is 0 Å². The molecule has 0 aromatic heterocycles. The van der Waals surface area contributed by atoms with Gasteiger partial charge in [-0.25, -0.2) is 9.98 Å². The molecule has 3 aliphatic rings. The van der Waals surface area contributed by atoms with Crippen LogP contribution in [0.2, 0.25) is 0 Å². The van der Waals surface area contributed by atoms with Crippen LogP contribution in [0.3, 0.4) is 0 Å². The minimum Gasteiger partial charge on any atom is -0.363 e. The van der Waals surface area contributed by atoms with Crippen molar-refractivity contribution >= 4 is 35.6 Å². The second-order valence-electron chi connectivity index (χ2n) is 10.0. The van der Waals surface area contributed by atoms with Crippen LogP contribution < -0.4 is 0 Å². The van der Waals surface area contributed by atoms with E-state index in [1.54, 1.807) is 24.3 Å². The number of carbonyl (C=O) groups excluding carboxylic acids is 2. The van der Waals surface area contributed by atoms with E-state index in [1.807, 2.05) is 24.8 Å². The van der Waals surface area contributed by atoms with E-state index in [1.165, 1.54) is 25.7 Å². The van der Waals surface area contributed by atoms with Crippen molar-refractivity contribution in [3.05, 3.63) is 58.7 Å². The molecule has 6 nitrogen and oxygen atoms in total. The lowest BCUT2D eigenvalue weighted by molar-refractivity contribution is 0.0979. The van der Waals surface area contributed by atoms with Gasteiger partial charge in [0.15, 0.2) is 11.6 Å². The third kappa shape index (κ3) is 4.67. The summed E-state index contributed by atoms with van der Waals surface area (Å²) in [5.41, 5.74) is 3.12. The Kier molecular flexibility index (Phi) is 6.31. The van der Waals surface area contributed by atoms with E-state index in [0.29, 0.717) is 33.6 Å². The molecule has 0 unspecified atom stereocenters. The summed E-state index contributed by atoms with van der Waals surface area (Å²) in [5.74, 6) is 1.26. The van der Waals surface area contributed by atoms with Gasteiger partial charge < -0.3 is 9.80 Å². The normalized spacial score (nSPS) is 19.8. The van der Waals surface area contributed by atoms with E-state index >= 15 is 0 Å². The zero-order valence-corrected chi connectivity index (χ0v) is 20.0. The fourth-order valence-electron chi connectivity index (χ4n) is 4.87. The number of hydrogen-bond acceptors (Lipinski definition) is 4. The summed E-state index contributed by atoms with van der Waals surface area (Å²) >= 11 is 0. The number of hydrogen-bond donors (Lipinski definition) is 0. The summed E-state index contributed by atoms with van der Waals surface area (Å²) in [4.78, 5) is 40.1. The third-order valence-electron chi connectivity index (χ3n) is 7.36. The number of benzene rings is 2. The summed E-state index contributed by atoms with van der Waals surface area (Å²) in [6.07, 6.45) is 8.41. The molecule has 0 amide bonds. The van der Waals surface area contributed by atoms with Crippen LogP contribution in [0.4, 0.5) is 11.4 Å². The van der Waals surface area contributed by atoms with Crippen molar-refractivity contribution in [2.45, 2.75) is 39.5 Å². The largest absolute Gasteiger partial charge is 0.363 e. The molecule has 0 spiro atoms. The van der Waals surface area contributed by atoms with Crippen LogP contribution in [-0.4, -0.2) is 60.2 Å². The first-order valence-corrected chi connectivity index (χ1v) is 12.4. The van der Waals surface area contributed by atoms with Gasteiger partial charge in [-0.3, -0.25) is 9.59 Å². The van der Waals surface area contributed by atoms with Crippen molar-refractivity contribution in [2.24, 2.45) is 21.8 Å². The molecule has 2 heterocycles. The Bertz CT molecular complexity index is 1060. The zero-order valence-electron chi connectivity index (χ0n) is 20.0. The molecule has 0 atom stereocenters. The highest BCUT2D eigenvalue weighted by molar-refractivity contribution is 6.28. The lowest BCUT2D eigenvalue weighted by Gasteiger charge is -2.28. The Hall–Kier alpha value is -3.28. The van der Waals surface area contributed by atoms with Gasteiger partial charge in [-0.1, -0.05) is 13.8 Å². The summed E-state index contributed by atoms with van der Waals surface area (Å²) in [5, 5.41) is 0. The number of piperidine rings is 2. The molecule has 6 heteroatoms. The molecule has 1 aliphatic carbocycles. The number of likely N-dealkylation sites (tertiary alicyclic amines) is 2. The van der Waals surface area contributed by atoms with Gasteiger partial charge in [-0.15, -0.1) is 0 Å². The Morgan fingerprint density at radius 1 is 0.647 bits per heavy atom. The van der Waals surface area contributed by atoms with E-state index < -0.39 is 0 Å². The molecule has 2 fully saturated rings. The molecule has 2 aromatic carbocycles. The number of aliphatic imine (C=N–C) groups is 2. The summed E-state index contributed by atoms with van der Waals surface area (Å²) in [6, 6.07) is 10.6. The summed E-state index contributed by atoms with van der Waals surface area (Å²) < 4.78 is 0. The minimum absolute atomic E-state index is 0.131. The highest BCUT2D eigenvalue weighted by Gasteiger charge is 2.30. The first-order valence-electron chi connectivity index (χ1n) is 12.4. The highest BCUT2D eigenvalue weighted by atomic mass is 16.1. The van der Waals surface area contributed by atoms with Crippen molar-refractivity contribution < 1.29 is 9.59 Å². The molecule has 0 N–H and O–H groups in total. The molecule has 0 saturated carbocycles. The predicted molar refractivity (Wildman–Crippen MR) is 136 cm³/mol. The van der Waals surface area contributed by atoms with Crippen LogP contribution in [-0.2, 0) is 0 Å². The lowest BCUT2D eigenvalue weighted by Crippen LogP contribution is -2.31. The molecular weight excluding hydrogens is 424 g/mol. The highest BCUT2D eigenvalue weighted by Crippen LogP contribution is 2.32. The molecule has 2 saturated heterocycles. The molecule has 2 aromatic rings. The molecule has 0 radical (unpaired) electrons. The Morgan fingerprint density at radius 2 is 1.03 bits per heavy atom. The van der Waals surface area contributed by atoms with Gasteiger partial charge in [0.2, 0.25) is 0 Å². The first-order chi connectivity index (χ1) is 16.5. The molecule has 34 heavy (non-hydrogen) atoms. The first kappa shape index (κ1) is 22.5. The predicted octanol–water partition coefficient (Wildman–Crippen LogP) is 5.25. The third-order valence-corrected chi connectivity index (χ3v) is 7.36. The Balaban J connectivity index is 1.34. The van der Waals surface area contributed by atoms with Crippen LogP contribution in [0.25, 0.3) is 0 Å². The standard InChI is InChI=1S/C28H32N4O2/c1-19-7-11-31(12-8-19)17-29-21-3-5-23-25(15-21)27(33)24-6-4-22(16-26(24)28(23)34)30-18-32-13-9-20(2)10-14-32/h3-6,15-20H,7-14H2,1-2H3. The fourth-order valence-corrected chi connectivity index (χ4v) is 4.87. The molecule has 2 aliphatic heterocycles. The average Bonchev–Trinajstić information content (AvgIpc) is 2.86. The number of ketones is 2. The average molecular weight is 457 g/mol. The van der Waals surface area contributed by atoms with Crippen molar-refractivity contribution in [1.82, 2.24) is 9.80 Å². The zero-order chi connectivity index (χ0) is 23.7. The van der Waals surface area contributed by atoms with E-state index in [4.69, 9.17) is 0 Å². The van der Waals surface area contributed by atoms with Gasteiger partial charge in [0.1, 0.15) is 0 Å². The topological polar surface area (TPSA) is 65.3 Å². The Morgan fingerprint density at radius 3 is 1.41 bits per heavy atom. The van der Waals surface area contributed by atoms with Crippen LogP contribution in [0.1, 0.15) is 71.4 Å². The summed E-state index contributed by atoms with van der Waals surface area (Å²) in [6.45, 7) is 8.57. The maximum atomic E-state index is 13.2. The lowest BCUT2D eigenvalue weighted by atomic mass is 9.83. The van der Waals surface area contributed by atoms with Gasteiger partial charge in [-0.05, 0) is 73.9 Å². The van der Waals surface area contributed by atoms with Crippen molar-refractivity contribution in [2.75, 3.05) is 26.2 Å². The van der Waals surface area contributed by atoms with Crippen LogP contribution >= 0.6 is 0 Å². The number of rotatable bonds is 4.